The molecule has 0 spiro atoms. The van der Waals surface area contributed by atoms with Gasteiger partial charge in [-0.15, -0.1) is 10.2 Å². The Labute approximate surface area is 204 Å². The standard InChI is InChI=1S/C23H23N5O6S/c1-2-32-19(29)12-24-22(31)25-16(10-14-6-4-3-5-7-14)20(30)26-23-28-27-21(35-23)15-8-9-17-18(11-15)34-13-33-17/h3-9,11,16H,2,10,12-13H2,1H3,(H2,24,25,31)(H,26,28,30). The Balaban J connectivity index is 1.42. The van der Waals surface area contributed by atoms with Crippen molar-refractivity contribution < 1.29 is 28.6 Å². The number of hydrogen-bond donors (Lipinski definition) is 3. The highest BCUT2D eigenvalue weighted by molar-refractivity contribution is 7.18. The molecule has 3 amide bonds. The van der Waals surface area contributed by atoms with E-state index in [0.717, 1.165) is 11.1 Å². The Bertz CT molecular complexity index is 1200. The number of nitrogens with zero attached hydrogens (tertiary/aromatic N) is 2. The Morgan fingerprint density at radius 3 is 2.69 bits per heavy atom. The maximum Gasteiger partial charge on any atom is 0.325 e. The largest absolute Gasteiger partial charge is 0.465 e. The molecule has 3 N–H and O–H groups in total. The molecule has 0 saturated heterocycles. The summed E-state index contributed by atoms with van der Waals surface area (Å²) in [5.41, 5.74) is 1.61. The molecule has 0 radical (unpaired) electrons. The summed E-state index contributed by atoms with van der Waals surface area (Å²) in [5, 5.41) is 16.8. The first-order valence-electron chi connectivity index (χ1n) is 10.8. The number of ether oxygens (including phenoxy) is 3. The van der Waals surface area contributed by atoms with Crippen molar-refractivity contribution in [2.75, 3.05) is 25.3 Å². The lowest BCUT2D eigenvalue weighted by atomic mass is 10.1. The van der Waals surface area contributed by atoms with Crippen molar-refractivity contribution in [3.63, 3.8) is 0 Å². The monoisotopic (exact) mass is 497 g/mol. The number of hydrogen-bond acceptors (Lipinski definition) is 9. The molecule has 0 saturated carbocycles. The van der Waals surface area contributed by atoms with Gasteiger partial charge in [0.05, 0.1) is 6.61 Å². The zero-order valence-electron chi connectivity index (χ0n) is 18.8. The van der Waals surface area contributed by atoms with Gasteiger partial charge < -0.3 is 24.8 Å². The van der Waals surface area contributed by atoms with Crippen LogP contribution in [0.3, 0.4) is 0 Å². The van der Waals surface area contributed by atoms with Crippen molar-refractivity contribution in [3.8, 4) is 22.1 Å². The molecule has 35 heavy (non-hydrogen) atoms. The maximum absolute atomic E-state index is 13.0. The fourth-order valence-corrected chi connectivity index (χ4v) is 3.99. The molecule has 2 heterocycles. The normalized spacial score (nSPS) is 12.5. The van der Waals surface area contributed by atoms with Gasteiger partial charge in [-0.25, -0.2) is 4.79 Å². The van der Waals surface area contributed by atoms with Crippen LogP contribution in [-0.4, -0.2) is 54.1 Å². The van der Waals surface area contributed by atoms with Gasteiger partial charge in [-0.3, -0.25) is 14.9 Å². The van der Waals surface area contributed by atoms with E-state index < -0.39 is 23.9 Å². The van der Waals surface area contributed by atoms with Gasteiger partial charge in [-0.2, -0.15) is 0 Å². The molecule has 4 rings (SSSR count). The second-order valence-corrected chi connectivity index (χ2v) is 8.32. The fourth-order valence-electron chi connectivity index (χ4n) is 3.25. The molecule has 1 aromatic heterocycles. The smallest absolute Gasteiger partial charge is 0.325 e. The lowest BCUT2D eigenvalue weighted by Crippen LogP contribution is -2.50. The number of urea groups is 1. The summed E-state index contributed by atoms with van der Waals surface area (Å²) < 4.78 is 15.5. The fraction of sp³-hybridized carbons (Fsp3) is 0.261. The molecule has 12 heteroatoms. The number of fused-ring (bicyclic) bond motifs is 1. The zero-order chi connectivity index (χ0) is 24.6. The van der Waals surface area contributed by atoms with E-state index in [1.807, 2.05) is 36.4 Å². The predicted molar refractivity (Wildman–Crippen MR) is 127 cm³/mol. The summed E-state index contributed by atoms with van der Waals surface area (Å²) in [7, 11) is 0. The Morgan fingerprint density at radius 1 is 1.09 bits per heavy atom. The SMILES string of the molecule is CCOC(=O)CNC(=O)NC(Cc1ccccc1)C(=O)Nc1nnc(-c2ccc3c(c2)OCO3)s1. The number of carbonyl (C=O) groups excluding carboxylic acids is 3. The second-order valence-electron chi connectivity index (χ2n) is 7.34. The van der Waals surface area contributed by atoms with E-state index >= 15 is 0 Å². The minimum atomic E-state index is -0.933. The second kappa shape index (κ2) is 11.3. The van der Waals surface area contributed by atoms with Crippen molar-refractivity contribution in [2.24, 2.45) is 0 Å². The minimum absolute atomic E-state index is 0.166. The molecule has 11 nitrogen and oxygen atoms in total. The van der Waals surface area contributed by atoms with Crippen molar-refractivity contribution >= 4 is 34.4 Å². The number of amides is 3. The molecular weight excluding hydrogens is 474 g/mol. The number of nitrogens with one attached hydrogen (secondary N) is 3. The van der Waals surface area contributed by atoms with Crippen LogP contribution >= 0.6 is 11.3 Å². The van der Waals surface area contributed by atoms with Gasteiger partial charge in [0.15, 0.2) is 11.5 Å². The number of esters is 1. The van der Waals surface area contributed by atoms with Gasteiger partial charge in [0.2, 0.25) is 17.8 Å². The third-order valence-electron chi connectivity index (χ3n) is 4.88. The zero-order valence-corrected chi connectivity index (χ0v) is 19.6. The van der Waals surface area contributed by atoms with Crippen LogP contribution in [-0.2, 0) is 20.7 Å². The summed E-state index contributed by atoms with van der Waals surface area (Å²) >= 11 is 1.18. The highest BCUT2D eigenvalue weighted by Gasteiger charge is 2.23. The Hall–Kier alpha value is -4.19. The first kappa shape index (κ1) is 24.0. The average molecular weight is 498 g/mol. The van der Waals surface area contributed by atoms with E-state index in [0.29, 0.717) is 16.5 Å². The van der Waals surface area contributed by atoms with E-state index in [9.17, 15) is 14.4 Å². The van der Waals surface area contributed by atoms with Gasteiger partial charge in [-0.05, 0) is 30.7 Å². The molecule has 3 aromatic rings. The van der Waals surface area contributed by atoms with Crippen LogP contribution in [0.25, 0.3) is 10.6 Å². The third-order valence-corrected chi connectivity index (χ3v) is 5.77. The van der Waals surface area contributed by atoms with Crippen molar-refractivity contribution in [1.82, 2.24) is 20.8 Å². The Morgan fingerprint density at radius 2 is 1.89 bits per heavy atom. The van der Waals surface area contributed by atoms with Gasteiger partial charge in [0.25, 0.3) is 0 Å². The summed E-state index contributed by atoms with van der Waals surface area (Å²) in [6, 6.07) is 13.0. The highest BCUT2D eigenvalue weighted by atomic mass is 32.1. The van der Waals surface area contributed by atoms with Gasteiger partial charge in [-0.1, -0.05) is 41.7 Å². The number of aromatic nitrogens is 2. The summed E-state index contributed by atoms with van der Waals surface area (Å²) in [6.45, 7) is 1.73. The maximum atomic E-state index is 13.0. The first-order chi connectivity index (χ1) is 17.0. The molecule has 0 bridgehead atoms. The highest BCUT2D eigenvalue weighted by Crippen LogP contribution is 2.37. The van der Waals surface area contributed by atoms with Gasteiger partial charge in [0.1, 0.15) is 17.6 Å². The molecule has 1 aliphatic heterocycles. The van der Waals surface area contributed by atoms with E-state index in [4.69, 9.17) is 14.2 Å². The molecule has 0 aliphatic carbocycles. The molecule has 0 fully saturated rings. The predicted octanol–water partition coefficient (Wildman–Crippen LogP) is 2.35. The van der Waals surface area contributed by atoms with Crippen LogP contribution in [0.4, 0.5) is 9.93 Å². The van der Waals surface area contributed by atoms with Crippen LogP contribution in [0, 0.1) is 0 Å². The third kappa shape index (κ3) is 6.44. The molecule has 1 aliphatic rings. The summed E-state index contributed by atoms with van der Waals surface area (Å²) in [5.74, 6) is 0.220. The first-order valence-corrected chi connectivity index (χ1v) is 11.6. The van der Waals surface area contributed by atoms with Crippen molar-refractivity contribution in [3.05, 3.63) is 54.1 Å². The van der Waals surface area contributed by atoms with Crippen LogP contribution in [0.15, 0.2) is 48.5 Å². The minimum Gasteiger partial charge on any atom is -0.465 e. The quantitative estimate of drug-likeness (QED) is 0.383. The summed E-state index contributed by atoms with van der Waals surface area (Å²) in [4.78, 5) is 36.9. The van der Waals surface area contributed by atoms with E-state index in [1.54, 1.807) is 19.1 Å². The van der Waals surface area contributed by atoms with E-state index in [1.165, 1.54) is 11.3 Å². The van der Waals surface area contributed by atoms with Gasteiger partial charge >= 0.3 is 12.0 Å². The van der Waals surface area contributed by atoms with Crippen LogP contribution < -0.4 is 25.4 Å². The molecule has 2 aromatic carbocycles. The lowest BCUT2D eigenvalue weighted by molar-refractivity contribution is -0.141. The number of carbonyl (C=O) groups is 3. The van der Waals surface area contributed by atoms with E-state index in [-0.39, 0.29) is 31.5 Å². The molecule has 182 valence electrons. The van der Waals surface area contributed by atoms with Gasteiger partial charge in [0, 0.05) is 12.0 Å². The van der Waals surface area contributed by atoms with Crippen LogP contribution in [0.2, 0.25) is 0 Å². The molecule has 1 atom stereocenters. The van der Waals surface area contributed by atoms with Crippen molar-refractivity contribution in [1.29, 1.82) is 0 Å². The Kier molecular flexibility index (Phi) is 7.73. The topological polar surface area (TPSA) is 141 Å². The number of rotatable bonds is 9. The lowest BCUT2D eigenvalue weighted by Gasteiger charge is -2.18. The summed E-state index contributed by atoms with van der Waals surface area (Å²) in [6.07, 6.45) is 0.229. The number of benzene rings is 2. The van der Waals surface area contributed by atoms with Crippen LogP contribution in [0.5, 0.6) is 11.5 Å². The molecule has 1 unspecified atom stereocenters. The van der Waals surface area contributed by atoms with E-state index in [2.05, 4.69) is 26.1 Å². The molecular formula is C23H23N5O6S. The van der Waals surface area contributed by atoms with Crippen molar-refractivity contribution in [2.45, 2.75) is 19.4 Å². The van der Waals surface area contributed by atoms with Crippen LogP contribution in [0.1, 0.15) is 12.5 Å². The number of anilines is 1. The average Bonchev–Trinajstić information content (AvgIpc) is 3.52.